The number of hydrogen-bond donors (Lipinski definition) is 0. The fourth-order valence-corrected chi connectivity index (χ4v) is 2.00. The largest absolute Gasteiger partial charge is 0.432 e. The Kier molecular flexibility index (Phi) is 7.97. The van der Waals surface area contributed by atoms with Gasteiger partial charge >= 0.3 is 5.97 Å². The number of rotatable bonds is 9. The summed E-state index contributed by atoms with van der Waals surface area (Å²) in [5.74, 6) is 0.215. The molecule has 1 aromatic rings. The van der Waals surface area contributed by atoms with Crippen LogP contribution < -0.4 is 0 Å². The van der Waals surface area contributed by atoms with Gasteiger partial charge in [0.05, 0.1) is 12.2 Å². The predicted molar refractivity (Wildman–Crippen MR) is 80.6 cm³/mol. The molecule has 1 aromatic carbocycles. The van der Waals surface area contributed by atoms with Crippen molar-refractivity contribution in [1.82, 2.24) is 0 Å². The molecule has 0 spiro atoms. The lowest BCUT2D eigenvalue weighted by Gasteiger charge is -2.19. The van der Waals surface area contributed by atoms with Gasteiger partial charge in [-0.25, -0.2) is 4.79 Å². The van der Waals surface area contributed by atoms with Gasteiger partial charge in [0.2, 0.25) is 0 Å². The highest BCUT2D eigenvalue weighted by molar-refractivity contribution is 5.89. The monoisotopic (exact) mass is 278 g/mol. The van der Waals surface area contributed by atoms with Crippen molar-refractivity contribution < 1.29 is 14.3 Å². The van der Waals surface area contributed by atoms with Crippen LogP contribution in [0, 0.1) is 5.92 Å². The fourth-order valence-electron chi connectivity index (χ4n) is 2.00. The minimum atomic E-state index is -0.501. The Morgan fingerprint density at radius 3 is 2.50 bits per heavy atom. The average Bonchev–Trinajstić information content (AvgIpc) is 2.48. The van der Waals surface area contributed by atoms with Crippen molar-refractivity contribution in [2.24, 2.45) is 5.92 Å². The van der Waals surface area contributed by atoms with Crippen LogP contribution in [0.25, 0.3) is 0 Å². The van der Waals surface area contributed by atoms with Gasteiger partial charge in [-0.3, -0.25) is 0 Å². The topological polar surface area (TPSA) is 35.5 Å². The highest BCUT2D eigenvalue weighted by atomic mass is 16.7. The van der Waals surface area contributed by atoms with E-state index in [4.69, 9.17) is 9.47 Å². The first kappa shape index (κ1) is 16.7. The molecule has 3 heteroatoms. The van der Waals surface area contributed by atoms with E-state index in [9.17, 15) is 4.79 Å². The molecule has 0 saturated heterocycles. The molecule has 0 fully saturated rings. The summed E-state index contributed by atoms with van der Waals surface area (Å²) in [6.07, 6.45) is 4.19. The summed E-state index contributed by atoms with van der Waals surface area (Å²) >= 11 is 0. The molecular weight excluding hydrogens is 252 g/mol. The molecule has 0 bridgehead atoms. The third kappa shape index (κ3) is 6.20. The second kappa shape index (κ2) is 9.54. The Morgan fingerprint density at radius 2 is 1.90 bits per heavy atom. The van der Waals surface area contributed by atoms with Crippen LogP contribution in [0.2, 0.25) is 0 Å². The molecule has 1 rings (SSSR count). The summed E-state index contributed by atoms with van der Waals surface area (Å²) in [5.41, 5.74) is 0.556. The third-order valence-electron chi connectivity index (χ3n) is 3.39. The van der Waals surface area contributed by atoms with Gasteiger partial charge in [0.25, 0.3) is 0 Å². The van der Waals surface area contributed by atoms with E-state index in [-0.39, 0.29) is 5.97 Å². The summed E-state index contributed by atoms with van der Waals surface area (Å²) in [6, 6.07) is 8.99. The van der Waals surface area contributed by atoms with Gasteiger partial charge in [-0.2, -0.15) is 0 Å². The molecule has 0 N–H and O–H groups in total. The van der Waals surface area contributed by atoms with E-state index in [0.29, 0.717) is 18.1 Å². The van der Waals surface area contributed by atoms with Crippen LogP contribution in [-0.4, -0.2) is 18.9 Å². The second-order valence-electron chi connectivity index (χ2n) is 5.09. The van der Waals surface area contributed by atoms with Gasteiger partial charge in [0.1, 0.15) is 0 Å². The number of benzene rings is 1. The first-order valence-corrected chi connectivity index (χ1v) is 7.55. The van der Waals surface area contributed by atoms with Crippen molar-refractivity contribution in [3.8, 4) is 0 Å². The molecule has 0 saturated carbocycles. The molecule has 0 amide bonds. The zero-order valence-electron chi connectivity index (χ0n) is 12.8. The number of carbonyl (C=O) groups is 1. The zero-order valence-corrected chi connectivity index (χ0v) is 12.8. The van der Waals surface area contributed by atoms with E-state index in [1.54, 1.807) is 19.1 Å². The molecule has 2 atom stereocenters. The number of unbranched alkanes of at least 4 members (excludes halogenated alkanes) is 1. The molecule has 112 valence electrons. The van der Waals surface area contributed by atoms with Crippen LogP contribution in [0.3, 0.4) is 0 Å². The Bertz CT molecular complexity index is 375. The Balaban J connectivity index is 2.32. The first-order chi connectivity index (χ1) is 9.67. The van der Waals surface area contributed by atoms with Crippen LogP contribution in [0.1, 0.15) is 56.8 Å². The molecule has 2 unspecified atom stereocenters. The van der Waals surface area contributed by atoms with Crippen molar-refractivity contribution >= 4 is 5.97 Å². The summed E-state index contributed by atoms with van der Waals surface area (Å²) in [6.45, 7) is 6.79. The van der Waals surface area contributed by atoms with Crippen LogP contribution >= 0.6 is 0 Å². The average molecular weight is 278 g/mol. The maximum atomic E-state index is 11.8. The van der Waals surface area contributed by atoms with Crippen LogP contribution in [-0.2, 0) is 9.47 Å². The Labute approximate surface area is 122 Å². The number of hydrogen-bond acceptors (Lipinski definition) is 3. The molecule has 3 nitrogen and oxygen atoms in total. The molecule has 0 heterocycles. The summed E-state index contributed by atoms with van der Waals surface area (Å²) < 4.78 is 10.9. The highest BCUT2D eigenvalue weighted by Gasteiger charge is 2.14. The minimum absolute atomic E-state index is 0.334. The summed E-state index contributed by atoms with van der Waals surface area (Å²) in [5, 5.41) is 0. The van der Waals surface area contributed by atoms with Crippen LogP contribution in [0.5, 0.6) is 0 Å². The predicted octanol–water partition coefficient (Wildman–Crippen LogP) is 4.42. The van der Waals surface area contributed by atoms with Gasteiger partial charge in [0.15, 0.2) is 6.29 Å². The van der Waals surface area contributed by atoms with Gasteiger partial charge in [0, 0.05) is 0 Å². The van der Waals surface area contributed by atoms with E-state index < -0.39 is 6.29 Å². The minimum Gasteiger partial charge on any atom is -0.432 e. The summed E-state index contributed by atoms with van der Waals surface area (Å²) in [7, 11) is 0. The molecule has 0 aliphatic carbocycles. The van der Waals surface area contributed by atoms with Gasteiger partial charge in [-0.15, -0.1) is 0 Å². The molecule has 0 radical (unpaired) electrons. The number of carbonyl (C=O) groups excluding carboxylic acids is 1. The SMILES string of the molecule is CCCCC(CC)COC(C)OC(=O)c1ccccc1. The third-order valence-corrected chi connectivity index (χ3v) is 3.39. The standard InChI is InChI=1S/C17H26O3/c1-4-6-10-15(5-2)13-19-14(3)20-17(18)16-11-8-7-9-12-16/h7-9,11-12,14-15H,4-6,10,13H2,1-3H3. The number of esters is 1. The maximum Gasteiger partial charge on any atom is 0.340 e. The van der Waals surface area contributed by atoms with Crippen molar-refractivity contribution in [2.45, 2.75) is 52.7 Å². The molecule has 20 heavy (non-hydrogen) atoms. The normalized spacial score (nSPS) is 13.8. The van der Waals surface area contributed by atoms with E-state index in [1.165, 1.54) is 19.3 Å². The van der Waals surface area contributed by atoms with E-state index in [1.807, 2.05) is 18.2 Å². The fraction of sp³-hybridized carbons (Fsp3) is 0.588. The van der Waals surface area contributed by atoms with Crippen molar-refractivity contribution in [3.05, 3.63) is 35.9 Å². The van der Waals surface area contributed by atoms with E-state index >= 15 is 0 Å². The van der Waals surface area contributed by atoms with Crippen molar-refractivity contribution in [1.29, 1.82) is 0 Å². The summed E-state index contributed by atoms with van der Waals surface area (Å²) in [4.78, 5) is 11.8. The lowest BCUT2D eigenvalue weighted by molar-refractivity contribution is -0.108. The van der Waals surface area contributed by atoms with E-state index in [0.717, 1.165) is 6.42 Å². The van der Waals surface area contributed by atoms with Crippen molar-refractivity contribution in [3.63, 3.8) is 0 Å². The quantitative estimate of drug-likeness (QED) is 0.495. The first-order valence-electron chi connectivity index (χ1n) is 7.55. The van der Waals surface area contributed by atoms with E-state index in [2.05, 4.69) is 13.8 Å². The van der Waals surface area contributed by atoms with Gasteiger partial charge in [-0.05, 0) is 31.4 Å². The van der Waals surface area contributed by atoms with Crippen LogP contribution in [0.15, 0.2) is 30.3 Å². The van der Waals surface area contributed by atoms with Gasteiger partial charge < -0.3 is 9.47 Å². The van der Waals surface area contributed by atoms with Crippen LogP contribution in [0.4, 0.5) is 0 Å². The Morgan fingerprint density at radius 1 is 1.20 bits per heavy atom. The van der Waals surface area contributed by atoms with Crippen molar-refractivity contribution in [2.75, 3.05) is 6.61 Å². The Hall–Kier alpha value is -1.35. The smallest absolute Gasteiger partial charge is 0.340 e. The highest BCUT2D eigenvalue weighted by Crippen LogP contribution is 2.14. The zero-order chi connectivity index (χ0) is 14.8. The molecular formula is C17H26O3. The second-order valence-corrected chi connectivity index (χ2v) is 5.09. The molecule has 0 aliphatic heterocycles. The number of ether oxygens (including phenoxy) is 2. The lowest BCUT2D eigenvalue weighted by Crippen LogP contribution is -2.21. The maximum absolute atomic E-state index is 11.8. The van der Waals surface area contributed by atoms with Gasteiger partial charge in [-0.1, -0.05) is 51.3 Å². The molecule has 0 aromatic heterocycles. The molecule has 0 aliphatic rings. The lowest BCUT2D eigenvalue weighted by atomic mass is 10.0.